The van der Waals surface area contributed by atoms with Gasteiger partial charge in [0.1, 0.15) is 0 Å². The van der Waals surface area contributed by atoms with Crippen LogP contribution in [0, 0.1) is 11.8 Å². The number of hydrogen-bond acceptors (Lipinski definition) is 3. The van der Waals surface area contributed by atoms with Crippen molar-refractivity contribution in [3.63, 3.8) is 0 Å². The molecule has 1 saturated carbocycles. The molecule has 0 spiro atoms. The third-order valence-electron chi connectivity index (χ3n) is 5.21. The van der Waals surface area contributed by atoms with Crippen molar-refractivity contribution in [2.45, 2.75) is 71.4 Å². The summed E-state index contributed by atoms with van der Waals surface area (Å²) in [4.78, 5) is 14.1. The summed E-state index contributed by atoms with van der Waals surface area (Å²) in [6.07, 6.45) is 6.20. The van der Waals surface area contributed by atoms with E-state index >= 15 is 0 Å². The van der Waals surface area contributed by atoms with Crippen LogP contribution in [0.15, 0.2) is 0 Å². The van der Waals surface area contributed by atoms with E-state index in [2.05, 4.69) is 25.7 Å². The summed E-state index contributed by atoms with van der Waals surface area (Å²) >= 11 is 0. The number of nitrogens with zero attached hydrogens (tertiary/aromatic N) is 1. The van der Waals surface area contributed by atoms with Crippen LogP contribution < -0.4 is 0 Å². The summed E-state index contributed by atoms with van der Waals surface area (Å²) < 4.78 is 5.26. The number of rotatable bonds is 9. The molecule has 21 heavy (non-hydrogen) atoms. The van der Waals surface area contributed by atoms with Crippen LogP contribution in [-0.2, 0) is 9.53 Å². The second-order valence-electron chi connectivity index (χ2n) is 6.30. The van der Waals surface area contributed by atoms with Gasteiger partial charge in [-0.15, -0.1) is 0 Å². The van der Waals surface area contributed by atoms with Gasteiger partial charge in [-0.05, 0) is 38.0 Å². The van der Waals surface area contributed by atoms with Gasteiger partial charge in [-0.3, -0.25) is 9.69 Å². The number of aliphatic carboxylic acids is 1. The standard InChI is InChI=1S/C17H33NO3/c1-5-13-8-9-15(17(19)20)16(12-13)18(10-11-21-4)14(6-2)7-3/h13-16H,5-12H2,1-4H3,(H,19,20). The van der Waals surface area contributed by atoms with Crippen LogP contribution in [0.4, 0.5) is 0 Å². The first-order valence-corrected chi connectivity index (χ1v) is 8.56. The fourth-order valence-corrected chi connectivity index (χ4v) is 3.83. The molecule has 0 aliphatic heterocycles. The lowest BCUT2D eigenvalue weighted by atomic mass is 9.76. The molecule has 0 aromatic carbocycles. The minimum absolute atomic E-state index is 0.168. The van der Waals surface area contributed by atoms with Gasteiger partial charge in [0.25, 0.3) is 0 Å². The van der Waals surface area contributed by atoms with Gasteiger partial charge in [-0.25, -0.2) is 0 Å². The molecule has 4 nitrogen and oxygen atoms in total. The molecular formula is C17H33NO3. The van der Waals surface area contributed by atoms with Gasteiger partial charge in [0.15, 0.2) is 0 Å². The summed E-state index contributed by atoms with van der Waals surface area (Å²) in [6, 6.07) is 0.629. The Kier molecular flexibility index (Phi) is 8.27. The van der Waals surface area contributed by atoms with Gasteiger partial charge in [0, 0.05) is 25.7 Å². The fourth-order valence-electron chi connectivity index (χ4n) is 3.83. The first-order valence-electron chi connectivity index (χ1n) is 8.56. The molecule has 0 amide bonds. The molecule has 124 valence electrons. The van der Waals surface area contributed by atoms with E-state index in [1.165, 1.54) is 0 Å². The van der Waals surface area contributed by atoms with Crippen LogP contribution in [0.1, 0.15) is 59.3 Å². The predicted molar refractivity (Wildman–Crippen MR) is 85.5 cm³/mol. The Morgan fingerprint density at radius 1 is 1.29 bits per heavy atom. The van der Waals surface area contributed by atoms with Gasteiger partial charge < -0.3 is 9.84 Å². The zero-order chi connectivity index (χ0) is 15.8. The van der Waals surface area contributed by atoms with Crippen LogP contribution in [0.25, 0.3) is 0 Å². The Hall–Kier alpha value is -0.610. The van der Waals surface area contributed by atoms with Crippen molar-refractivity contribution < 1.29 is 14.6 Å². The zero-order valence-corrected chi connectivity index (χ0v) is 14.2. The lowest BCUT2D eigenvalue weighted by molar-refractivity contribution is -0.147. The average Bonchev–Trinajstić information content (AvgIpc) is 2.50. The molecule has 1 rings (SSSR count). The molecule has 0 saturated heterocycles. The summed E-state index contributed by atoms with van der Waals surface area (Å²) in [5, 5.41) is 9.61. The van der Waals surface area contributed by atoms with Crippen LogP contribution in [0.3, 0.4) is 0 Å². The monoisotopic (exact) mass is 299 g/mol. The maximum Gasteiger partial charge on any atom is 0.308 e. The van der Waals surface area contributed by atoms with Crippen molar-refractivity contribution in [2.75, 3.05) is 20.3 Å². The van der Waals surface area contributed by atoms with Crippen molar-refractivity contribution in [1.82, 2.24) is 4.90 Å². The largest absolute Gasteiger partial charge is 0.481 e. The van der Waals surface area contributed by atoms with E-state index in [0.717, 1.165) is 45.1 Å². The lowest BCUT2D eigenvalue weighted by Crippen LogP contribution is -2.52. The number of hydrogen-bond donors (Lipinski definition) is 1. The Bertz CT molecular complexity index is 304. The van der Waals surface area contributed by atoms with Crippen LogP contribution in [0.5, 0.6) is 0 Å². The van der Waals surface area contributed by atoms with E-state index in [-0.39, 0.29) is 12.0 Å². The summed E-state index contributed by atoms with van der Waals surface area (Å²) in [5.74, 6) is -0.168. The topological polar surface area (TPSA) is 49.8 Å². The van der Waals surface area contributed by atoms with Gasteiger partial charge in [0.05, 0.1) is 12.5 Å². The second kappa shape index (κ2) is 9.42. The third kappa shape index (κ3) is 4.96. The van der Waals surface area contributed by atoms with Crippen molar-refractivity contribution in [3.05, 3.63) is 0 Å². The van der Waals surface area contributed by atoms with E-state index in [0.29, 0.717) is 18.6 Å². The molecule has 1 N–H and O–H groups in total. The summed E-state index contributed by atoms with van der Waals surface area (Å²) in [7, 11) is 1.72. The smallest absolute Gasteiger partial charge is 0.308 e. The molecule has 4 heteroatoms. The molecule has 1 aliphatic rings. The first kappa shape index (κ1) is 18.4. The van der Waals surface area contributed by atoms with Crippen LogP contribution in [0.2, 0.25) is 0 Å². The van der Waals surface area contributed by atoms with Crippen LogP contribution >= 0.6 is 0 Å². The van der Waals surface area contributed by atoms with Crippen molar-refractivity contribution in [2.24, 2.45) is 11.8 Å². The minimum Gasteiger partial charge on any atom is -0.481 e. The summed E-state index contributed by atoms with van der Waals surface area (Å²) in [5.41, 5.74) is 0. The highest BCUT2D eigenvalue weighted by atomic mass is 16.5. The number of methoxy groups -OCH3 is 1. The zero-order valence-electron chi connectivity index (χ0n) is 14.2. The molecule has 3 atom stereocenters. The normalized spacial score (nSPS) is 26.5. The quantitative estimate of drug-likeness (QED) is 0.709. The summed E-state index contributed by atoms with van der Waals surface area (Å²) in [6.45, 7) is 8.14. The van der Waals surface area contributed by atoms with E-state index in [1.54, 1.807) is 7.11 Å². The van der Waals surface area contributed by atoms with Crippen LogP contribution in [-0.4, -0.2) is 48.3 Å². The molecule has 0 aromatic rings. The Labute approximate surface area is 129 Å². The predicted octanol–water partition coefficient (Wildman–Crippen LogP) is 3.40. The Morgan fingerprint density at radius 2 is 1.95 bits per heavy atom. The van der Waals surface area contributed by atoms with E-state index in [1.807, 2.05) is 0 Å². The molecule has 3 unspecified atom stereocenters. The van der Waals surface area contributed by atoms with Crippen molar-refractivity contribution in [1.29, 1.82) is 0 Å². The molecule has 0 radical (unpaired) electrons. The molecule has 0 bridgehead atoms. The van der Waals surface area contributed by atoms with E-state index < -0.39 is 5.97 Å². The van der Waals surface area contributed by atoms with Gasteiger partial charge >= 0.3 is 5.97 Å². The van der Waals surface area contributed by atoms with Crippen molar-refractivity contribution >= 4 is 5.97 Å². The SMILES string of the molecule is CCC1CCC(C(=O)O)C(N(CCOC)C(CC)CC)C1. The molecule has 0 heterocycles. The number of carboxylic acids is 1. The van der Waals surface area contributed by atoms with Gasteiger partial charge in [-0.1, -0.05) is 27.2 Å². The molecular weight excluding hydrogens is 266 g/mol. The molecule has 1 fully saturated rings. The van der Waals surface area contributed by atoms with Crippen molar-refractivity contribution in [3.8, 4) is 0 Å². The second-order valence-corrected chi connectivity index (χ2v) is 6.30. The third-order valence-corrected chi connectivity index (χ3v) is 5.21. The highest BCUT2D eigenvalue weighted by molar-refractivity contribution is 5.71. The maximum atomic E-state index is 11.7. The highest BCUT2D eigenvalue weighted by Gasteiger charge is 2.39. The van der Waals surface area contributed by atoms with Gasteiger partial charge in [0.2, 0.25) is 0 Å². The minimum atomic E-state index is -0.622. The Morgan fingerprint density at radius 3 is 2.43 bits per heavy atom. The van der Waals surface area contributed by atoms with Gasteiger partial charge in [-0.2, -0.15) is 0 Å². The number of carboxylic acid groups (broad SMARTS) is 1. The first-order chi connectivity index (χ1) is 10.1. The van der Waals surface area contributed by atoms with E-state index in [4.69, 9.17) is 4.74 Å². The maximum absolute atomic E-state index is 11.7. The average molecular weight is 299 g/mol. The lowest BCUT2D eigenvalue weighted by Gasteiger charge is -2.44. The Balaban J connectivity index is 2.93. The fraction of sp³-hybridized carbons (Fsp3) is 0.941. The number of carbonyl (C=O) groups is 1. The molecule has 1 aliphatic carbocycles. The number of ether oxygens (including phenoxy) is 1. The van der Waals surface area contributed by atoms with E-state index in [9.17, 15) is 9.90 Å². The highest BCUT2D eigenvalue weighted by Crippen LogP contribution is 2.35. The molecule has 0 aromatic heterocycles.